The number of anilines is 4. The second kappa shape index (κ2) is 9.92. The largest absolute Gasteiger partial charge is 0.316 e. The predicted molar refractivity (Wildman–Crippen MR) is 116 cm³/mol. The van der Waals surface area contributed by atoms with E-state index in [2.05, 4.69) is 57.6 Å². The van der Waals surface area contributed by atoms with Crippen LogP contribution in [0.5, 0.6) is 0 Å². The van der Waals surface area contributed by atoms with E-state index in [9.17, 15) is 19.2 Å². The average molecular weight is 412 g/mol. The van der Waals surface area contributed by atoms with Crippen LogP contribution in [0, 0.1) is 0 Å². The van der Waals surface area contributed by atoms with E-state index in [4.69, 9.17) is 0 Å². The van der Waals surface area contributed by atoms with Gasteiger partial charge in [-0.3, -0.25) is 24.5 Å². The molecule has 10 heteroatoms. The van der Waals surface area contributed by atoms with Crippen LogP contribution in [0.15, 0.2) is 48.6 Å². The molecule has 0 fully saturated rings. The smallest absolute Gasteiger partial charge is 0.253 e. The summed E-state index contributed by atoms with van der Waals surface area (Å²) >= 11 is 0. The minimum absolute atomic E-state index is 0.111. The first-order chi connectivity index (χ1) is 13.8. The van der Waals surface area contributed by atoms with E-state index < -0.39 is 23.6 Å². The lowest BCUT2D eigenvalue weighted by molar-refractivity contribution is -0.113. The monoisotopic (exact) mass is 412 g/mol. The maximum atomic E-state index is 12.2. The van der Waals surface area contributed by atoms with Crippen molar-refractivity contribution in [2.45, 2.75) is 27.7 Å². The molecular weight excluding hydrogens is 388 g/mol. The molecule has 0 aliphatic carbocycles. The van der Waals surface area contributed by atoms with Crippen molar-refractivity contribution in [3.05, 3.63) is 48.6 Å². The molecule has 4 amide bonds. The summed E-state index contributed by atoms with van der Waals surface area (Å²) in [7, 11) is 0. The highest BCUT2D eigenvalue weighted by Crippen LogP contribution is 2.30. The fourth-order valence-electron chi connectivity index (χ4n) is 1.67. The van der Waals surface area contributed by atoms with Gasteiger partial charge in [0.25, 0.3) is 23.6 Å². The van der Waals surface area contributed by atoms with Crippen LogP contribution in [0.1, 0.15) is 27.7 Å². The SMILES string of the molecule is C=C(C)C(=O)Nc1nc(NC(=O)C(=C)C)c(NC(=O)C(=C)C)c(NC(=O)C(=C)C)n1. The van der Waals surface area contributed by atoms with Gasteiger partial charge in [-0.15, -0.1) is 0 Å². The van der Waals surface area contributed by atoms with Crippen LogP contribution in [0.4, 0.5) is 23.3 Å². The van der Waals surface area contributed by atoms with E-state index in [-0.39, 0.29) is 45.6 Å². The molecule has 0 bridgehead atoms. The Morgan fingerprint density at radius 1 is 0.567 bits per heavy atom. The summed E-state index contributed by atoms with van der Waals surface area (Å²) < 4.78 is 0. The van der Waals surface area contributed by atoms with Crippen molar-refractivity contribution in [2.75, 3.05) is 21.3 Å². The number of nitrogens with one attached hydrogen (secondary N) is 4. The predicted octanol–water partition coefficient (Wildman–Crippen LogP) is 2.54. The zero-order chi connectivity index (χ0) is 23.2. The van der Waals surface area contributed by atoms with Gasteiger partial charge in [0.1, 0.15) is 5.69 Å². The van der Waals surface area contributed by atoms with Gasteiger partial charge >= 0.3 is 0 Å². The topological polar surface area (TPSA) is 142 Å². The van der Waals surface area contributed by atoms with Crippen molar-refractivity contribution in [3.8, 4) is 0 Å². The molecule has 0 aliphatic heterocycles. The zero-order valence-corrected chi connectivity index (χ0v) is 17.4. The first kappa shape index (κ1) is 24.0. The van der Waals surface area contributed by atoms with Crippen LogP contribution < -0.4 is 21.3 Å². The molecule has 30 heavy (non-hydrogen) atoms. The summed E-state index contributed by atoms with van der Waals surface area (Å²) in [5.41, 5.74) is 0.541. The fourth-order valence-corrected chi connectivity index (χ4v) is 1.67. The van der Waals surface area contributed by atoms with Crippen LogP contribution in [-0.2, 0) is 19.2 Å². The highest BCUT2D eigenvalue weighted by Gasteiger charge is 2.22. The van der Waals surface area contributed by atoms with E-state index in [0.29, 0.717) is 0 Å². The Bertz CT molecular complexity index is 944. The molecule has 1 aromatic heterocycles. The molecule has 0 atom stereocenters. The summed E-state index contributed by atoms with van der Waals surface area (Å²) in [6.45, 7) is 20.0. The number of amides is 4. The molecular formula is C20H24N6O4. The van der Waals surface area contributed by atoms with Gasteiger partial charge in [-0.25, -0.2) is 0 Å². The van der Waals surface area contributed by atoms with Crippen LogP contribution >= 0.6 is 0 Å². The highest BCUT2D eigenvalue weighted by atomic mass is 16.2. The number of aromatic nitrogens is 2. The second-order valence-electron chi connectivity index (χ2n) is 6.56. The van der Waals surface area contributed by atoms with Gasteiger partial charge in [-0.05, 0) is 27.7 Å². The third kappa shape index (κ3) is 6.51. The lowest BCUT2D eigenvalue weighted by Gasteiger charge is -2.17. The normalized spacial score (nSPS) is 9.73. The molecule has 0 spiro atoms. The Hall–Kier alpha value is -4.08. The number of rotatable bonds is 8. The molecule has 0 aromatic carbocycles. The summed E-state index contributed by atoms with van der Waals surface area (Å²) in [6, 6.07) is 0. The number of hydrogen-bond acceptors (Lipinski definition) is 6. The van der Waals surface area contributed by atoms with Crippen LogP contribution in [-0.4, -0.2) is 33.6 Å². The molecule has 0 unspecified atom stereocenters. The van der Waals surface area contributed by atoms with E-state index >= 15 is 0 Å². The van der Waals surface area contributed by atoms with Crippen LogP contribution in [0.25, 0.3) is 0 Å². The highest BCUT2D eigenvalue weighted by molar-refractivity contribution is 6.13. The Morgan fingerprint density at radius 2 is 0.867 bits per heavy atom. The average Bonchev–Trinajstić information content (AvgIpc) is 2.63. The molecule has 0 aliphatic rings. The maximum Gasteiger partial charge on any atom is 0.253 e. The maximum absolute atomic E-state index is 12.2. The molecule has 0 saturated heterocycles. The number of carbonyl (C=O) groups excluding carboxylic acids is 4. The minimum Gasteiger partial charge on any atom is -0.316 e. The van der Waals surface area contributed by atoms with Crippen molar-refractivity contribution in [3.63, 3.8) is 0 Å². The van der Waals surface area contributed by atoms with Gasteiger partial charge in [0, 0.05) is 22.3 Å². The van der Waals surface area contributed by atoms with Crippen LogP contribution in [0.2, 0.25) is 0 Å². The fraction of sp³-hybridized carbons (Fsp3) is 0.200. The Kier molecular flexibility index (Phi) is 7.92. The second-order valence-corrected chi connectivity index (χ2v) is 6.56. The zero-order valence-electron chi connectivity index (χ0n) is 17.4. The molecule has 4 N–H and O–H groups in total. The van der Waals surface area contributed by atoms with Gasteiger partial charge in [0.2, 0.25) is 5.95 Å². The Labute approximate surface area is 174 Å². The van der Waals surface area contributed by atoms with E-state index in [1.54, 1.807) is 0 Å². The van der Waals surface area contributed by atoms with Crippen molar-refractivity contribution in [2.24, 2.45) is 0 Å². The molecule has 158 valence electrons. The molecule has 0 radical (unpaired) electrons. The molecule has 10 nitrogen and oxygen atoms in total. The van der Waals surface area contributed by atoms with Gasteiger partial charge in [0.15, 0.2) is 11.6 Å². The van der Waals surface area contributed by atoms with Gasteiger partial charge in [0.05, 0.1) is 0 Å². The lowest BCUT2D eigenvalue weighted by Crippen LogP contribution is -2.24. The first-order valence-electron chi connectivity index (χ1n) is 8.63. The van der Waals surface area contributed by atoms with E-state index in [0.717, 1.165) is 0 Å². The number of hydrogen-bond donors (Lipinski definition) is 4. The van der Waals surface area contributed by atoms with Crippen molar-refractivity contribution in [1.82, 2.24) is 9.97 Å². The van der Waals surface area contributed by atoms with Gasteiger partial charge < -0.3 is 16.0 Å². The van der Waals surface area contributed by atoms with Crippen molar-refractivity contribution < 1.29 is 19.2 Å². The lowest BCUT2D eigenvalue weighted by atomic mass is 10.2. The van der Waals surface area contributed by atoms with E-state index in [1.165, 1.54) is 27.7 Å². The summed E-state index contributed by atoms with van der Waals surface area (Å²) in [5, 5.41) is 9.80. The van der Waals surface area contributed by atoms with Crippen molar-refractivity contribution >= 4 is 46.9 Å². The minimum atomic E-state index is -0.603. The summed E-state index contributed by atoms with van der Waals surface area (Å²) in [5.74, 6) is -2.99. The third-order valence-corrected chi connectivity index (χ3v) is 3.39. The molecule has 0 saturated carbocycles. The Morgan fingerprint density at radius 3 is 1.20 bits per heavy atom. The number of nitrogens with zero attached hydrogens (tertiary/aromatic N) is 2. The van der Waals surface area contributed by atoms with Gasteiger partial charge in [-0.2, -0.15) is 9.97 Å². The van der Waals surface area contributed by atoms with Crippen LogP contribution in [0.3, 0.4) is 0 Å². The van der Waals surface area contributed by atoms with E-state index in [1.807, 2.05) is 0 Å². The van der Waals surface area contributed by atoms with Gasteiger partial charge in [-0.1, -0.05) is 26.3 Å². The standard InChI is InChI=1S/C20H24N6O4/c1-9(2)16(27)21-13-14(22-17(28)10(3)4)24-20(26-19(30)12(7)8)25-15(13)23-18(29)11(5)6/h1,3,5,7H2,2,4,6,8H3,(H,21,27)(H3,22,23,24,25,26,28,29,30). The first-order valence-corrected chi connectivity index (χ1v) is 8.63. The summed E-state index contributed by atoms with van der Waals surface area (Å²) in [6.07, 6.45) is 0. The molecule has 1 rings (SSSR count). The molecule has 1 aromatic rings. The Balaban J connectivity index is 3.65. The summed E-state index contributed by atoms with van der Waals surface area (Å²) in [4.78, 5) is 56.6. The quantitative estimate of drug-likeness (QED) is 0.483. The van der Waals surface area contributed by atoms with Crippen molar-refractivity contribution in [1.29, 1.82) is 0 Å². The third-order valence-electron chi connectivity index (χ3n) is 3.39. The molecule has 1 heterocycles. The number of carbonyl (C=O) groups is 4.